The summed E-state index contributed by atoms with van der Waals surface area (Å²) < 4.78 is 18.7. The molecule has 0 aliphatic carbocycles. The van der Waals surface area contributed by atoms with Crippen molar-refractivity contribution < 1.29 is 13.9 Å². The van der Waals surface area contributed by atoms with Crippen molar-refractivity contribution in [3.63, 3.8) is 0 Å². The van der Waals surface area contributed by atoms with E-state index in [2.05, 4.69) is 12.1 Å². The predicted octanol–water partition coefficient (Wildman–Crippen LogP) is 4.15. The number of carbonyl (C=O) groups excluding carboxylic acids is 1. The average molecular weight is 345 g/mol. The first-order valence-corrected chi connectivity index (χ1v) is 9.03. The Hall–Kier alpha value is -2.01. The second-order valence-corrected chi connectivity index (χ2v) is 7.01. The molecule has 1 saturated heterocycles. The maximum atomic E-state index is 13.8. The number of nitrogens with zero attached hydrogens (tertiary/aromatic N) is 1. The van der Waals surface area contributed by atoms with E-state index in [1.165, 1.54) is 24.8 Å². The monoisotopic (exact) mass is 345 g/mol. The minimum atomic E-state index is -0.505. The first kappa shape index (κ1) is 16.8. The minimum Gasteiger partial charge on any atom is -0.494 e. The quantitative estimate of drug-likeness (QED) is 0.837. The summed E-state index contributed by atoms with van der Waals surface area (Å²) in [5, 5.41) is 0.400. The summed E-state index contributed by atoms with van der Waals surface area (Å²) in [6.45, 7) is 1.36. The first-order valence-electron chi connectivity index (χ1n) is 7.98. The summed E-state index contributed by atoms with van der Waals surface area (Å²) in [4.78, 5) is 14.5. The van der Waals surface area contributed by atoms with E-state index in [4.69, 9.17) is 4.74 Å². The summed E-state index contributed by atoms with van der Waals surface area (Å²) in [6.07, 6.45) is 0.902. The van der Waals surface area contributed by atoms with Gasteiger partial charge in [0.15, 0.2) is 11.6 Å². The van der Waals surface area contributed by atoms with Gasteiger partial charge < -0.3 is 9.64 Å². The van der Waals surface area contributed by atoms with Crippen molar-refractivity contribution in [2.45, 2.75) is 11.7 Å². The normalized spacial score (nSPS) is 18.1. The number of methoxy groups -OCH3 is 1. The van der Waals surface area contributed by atoms with E-state index < -0.39 is 5.82 Å². The Bertz CT molecular complexity index is 708. The molecule has 1 fully saturated rings. The van der Waals surface area contributed by atoms with Gasteiger partial charge in [0.1, 0.15) is 0 Å². The summed E-state index contributed by atoms with van der Waals surface area (Å²) in [5.41, 5.74) is 1.67. The lowest BCUT2D eigenvalue weighted by molar-refractivity contribution is 0.0766. The van der Waals surface area contributed by atoms with Crippen molar-refractivity contribution in [1.82, 2.24) is 4.90 Å². The van der Waals surface area contributed by atoms with Gasteiger partial charge in [-0.1, -0.05) is 30.3 Å². The Labute approximate surface area is 145 Å². The van der Waals surface area contributed by atoms with Crippen LogP contribution in [0.15, 0.2) is 48.5 Å². The number of ether oxygens (including phenoxy) is 1. The van der Waals surface area contributed by atoms with Crippen LogP contribution >= 0.6 is 11.8 Å². The highest BCUT2D eigenvalue weighted by Crippen LogP contribution is 2.34. The minimum absolute atomic E-state index is 0.120. The fraction of sp³-hybridized carbons (Fsp3) is 0.316. The highest BCUT2D eigenvalue weighted by atomic mass is 32.2. The Morgan fingerprint density at radius 1 is 1.21 bits per heavy atom. The van der Waals surface area contributed by atoms with Crippen LogP contribution in [0.25, 0.3) is 0 Å². The van der Waals surface area contributed by atoms with Crippen LogP contribution in [0.4, 0.5) is 4.39 Å². The number of hydrogen-bond donors (Lipinski definition) is 0. The van der Waals surface area contributed by atoms with Gasteiger partial charge in [0.05, 0.1) is 7.11 Å². The van der Waals surface area contributed by atoms with Crippen LogP contribution in [-0.2, 0) is 0 Å². The first-order chi connectivity index (χ1) is 11.7. The molecular formula is C19H20FNO2S. The molecule has 1 heterocycles. The van der Waals surface area contributed by atoms with Crippen LogP contribution in [0.5, 0.6) is 5.75 Å². The molecule has 24 heavy (non-hydrogen) atoms. The molecule has 0 saturated carbocycles. The Kier molecular flexibility index (Phi) is 5.41. The molecule has 0 unspecified atom stereocenters. The number of amides is 1. The smallest absolute Gasteiger partial charge is 0.253 e. The molecule has 0 radical (unpaired) electrons. The topological polar surface area (TPSA) is 29.5 Å². The van der Waals surface area contributed by atoms with Crippen molar-refractivity contribution in [2.75, 3.05) is 26.0 Å². The molecule has 2 aromatic carbocycles. The van der Waals surface area contributed by atoms with Gasteiger partial charge in [0.2, 0.25) is 0 Å². The molecule has 0 N–H and O–H groups in total. The third-order valence-electron chi connectivity index (χ3n) is 4.20. The molecule has 1 aliphatic heterocycles. The van der Waals surface area contributed by atoms with E-state index in [0.717, 1.165) is 12.2 Å². The van der Waals surface area contributed by atoms with Crippen molar-refractivity contribution in [3.8, 4) is 5.75 Å². The molecular weight excluding hydrogens is 325 g/mol. The summed E-state index contributed by atoms with van der Waals surface area (Å²) >= 11 is 1.87. The summed E-state index contributed by atoms with van der Waals surface area (Å²) in [7, 11) is 1.41. The van der Waals surface area contributed by atoms with E-state index in [9.17, 15) is 9.18 Å². The largest absolute Gasteiger partial charge is 0.494 e. The van der Waals surface area contributed by atoms with Crippen LogP contribution in [0.3, 0.4) is 0 Å². The Morgan fingerprint density at radius 3 is 2.71 bits per heavy atom. The zero-order valence-corrected chi connectivity index (χ0v) is 14.4. The van der Waals surface area contributed by atoms with Gasteiger partial charge in [-0.25, -0.2) is 4.39 Å². The van der Waals surface area contributed by atoms with Gasteiger partial charge >= 0.3 is 0 Å². The zero-order chi connectivity index (χ0) is 16.9. The van der Waals surface area contributed by atoms with Crippen molar-refractivity contribution in [1.29, 1.82) is 0 Å². The average Bonchev–Trinajstić information content (AvgIpc) is 2.88. The van der Waals surface area contributed by atoms with Gasteiger partial charge in [-0.05, 0) is 30.2 Å². The molecule has 1 aliphatic rings. The predicted molar refractivity (Wildman–Crippen MR) is 95.1 cm³/mol. The standard InChI is InChI=1S/C19H20FNO2S/c1-23-17-8-7-15(13-16(17)20)19(22)21-10-9-18(24-12-11-21)14-5-3-2-4-6-14/h2-8,13,18H,9-12H2,1H3/t18-/m1/s1. The fourth-order valence-corrected chi connectivity index (χ4v) is 4.12. The van der Waals surface area contributed by atoms with Crippen molar-refractivity contribution in [3.05, 3.63) is 65.5 Å². The van der Waals surface area contributed by atoms with Gasteiger partial charge in [-0.3, -0.25) is 4.79 Å². The number of carbonyl (C=O) groups is 1. The zero-order valence-electron chi connectivity index (χ0n) is 13.6. The molecule has 0 bridgehead atoms. The number of hydrogen-bond acceptors (Lipinski definition) is 3. The van der Waals surface area contributed by atoms with Crippen molar-refractivity contribution in [2.24, 2.45) is 0 Å². The van der Waals surface area contributed by atoms with E-state index in [1.807, 2.05) is 34.9 Å². The van der Waals surface area contributed by atoms with Crippen LogP contribution in [-0.4, -0.2) is 36.8 Å². The third-order valence-corrected chi connectivity index (χ3v) is 5.53. The lowest BCUT2D eigenvalue weighted by Crippen LogP contribution is -2.33. The number of halogens is 1. The molecule has 1 amide bonds. The molecule has 2 aromatic rings. The maximum Gasteiger partial charge on any atom is 0.253 e. The molecule has 0 aromatic heterocycles. The number of thioether (sulfide) groups is 1. The molecule has 3 rings (SSSR count). The van der Waals surface area contributed by atoms with Crippen LogP contribution in [0.2, 0.25) is 0 Å². The van der Waals surface area contributed by atoms with Crippen LogP contribution < -0.4 is 4.74 Å². The lowest BCUT2D eigenvalue weighted by Gasteiger charge is -2.20. The third kappa shape index (κ3) is 3.73. The Balaban J connectivity index is 1.69. The van der Waals surface area contributed by atoms with E-state index >= 15 is 0 Å². The highest BCUT2D eigenvalue weighted by Gasteiger charge is 2.23. The number of benzene rings is 2. The number of rotatable bonds is 3. The summed E-state index contributed by atoms with van der Waals surface area (Å²) in [6, 6.07) is 14.8. The van der Waals surface area contributed by atoms with E-state index in [1.54, 1.807) is 6.07 Å². The van der Waals surface area contributed by atoms with Gasteiger partial charge in [-0.2, -0.15) is 11.8 Å². The lowest BCUT2D eigenvalue weighted by atomic mass is 10.1. The van der Waals surface area contributed by atoms with E-state index in [0.29, 0.717) is 23.9 Å². The van der Waals surface area contributed by atoms with Crippen molar-refractivity contribution >= 4 is 17.7 Å². The molecule has 0 spiro atoms. The highest BCUT2D eigenvalue weighted by molar-refractivity contribution is 7.99. The molecule has 5 heteroatoms. The van der Waals surface area contributed by atoms with Gasteiger partial charge in [0.25, 0.3) is 5.91 Å². The fourth-order valence-electron chi connectivity index (χ4n) is 2.89. The second kappa shape index (κ2) is 7.71. The second-order valence-electron chi connectivity index (χ2n) is 5.70. The van der Waals surface area contributed by atoms with Gasteiger partial charge in [0, 0.05) is 29.7 Å². The molecule has 3 nitrogen and oxygen atoms in total. The molecule has 126 valence electrons. The van der Waals surface area contributed by atoms with Gasteiger partial charge in [-0.15, -0.1) is 0 Å². The van der Waals surface area contributed by atoms with E-state index in [-0.39, 0.29) is 11.7 Å². The summed E-state index contributed by atoms with van der Waals surface area (Å²) in [5.74, 6) is 0.409. The Morgan fingerprint density at radius 2 is 2.00 bits per heavy atom. The SMILES string of the molecule is COc1ccc(C(=O)N2CCS[C@@H](c3ccccc3)CC2)cc1F. The van der Waals surface area contributed by atoms with Crippen LogP contribution in [0.1, 0.15) is 27.6 Å². The maximum absolute atomic E-state index is 13.8. The van der Waals surface area contributed by atoms with Crippen LogP contribution in [0, 0.1) is 5.82 Å². The molecule has 1 atom stereocenters.